The van der Waals surface area contributed by atoms with Crippen LogP contribution in [0.15, 0.2) is 24.3 Å². The van der Waals surface area contributed by atoms with Crippen molar-refractivity contribution >= 4 is 0 Å². The summed E-state index contributed by atoms with van der Waals surface area (Å²) in [5, 5.41) is 7.83. The Hall–Kier alpha value is -1.81. The van der Waals surface area contributed by atoms with E-state index in [1.54, 1.807) is 0 Å². The average Bonchev–Trinajstić information content (AvgIpc) is 2.74. The molecule has 0 amide bonds. The van der Waals surface area contributed by atoms with Crippen molar-refractivity contribution in [2.75, 3.05) is 13.7 Å². The van der Waals surface area contributed by atoms with Crippen molar-refractivity contribution < 1.29 is 4.74 Å². The standard InChI is InChI=1S/C17H25N3O/c1-12(2)11-21-16-8-6-15(7-9-16)20-14(4)17(10-18-5)13(3)19-20/h6-9,12,18H,10-11H2,1-5H3. The lowest BCUT2D eigenvalue weighted by molar-refractivity contribution is 0.271. The number of hydrogen-bond donors (Lipinski definition) is 1. The molecule has 0 saturated carbocycles. The van der Waals surface area contributed by atoms with Crippen molar-refractivity contribution in [1.82, 2.24) is 15.1 Å². The number of hydrogen-bond acceptors (Lipinski definition) is 3. The van der Waals surface area contributed by atoms with Crippen LogP contribution in [0, 0.1) is 19.8 Å². The molecule has 2 aromatic rings. The highest BCUT2D eigenvalue weighted by molar-refractivity contribution is 5.40. The van der Waals surface area contributed by atoms with E-state index in [-0.39, 0.29) is 0 Å². The fourth-order valence-corrected chi connectivity index (χ4v) is 2.31. The van der Waals surface area contributed by atoms with E-state index in [0.717, 1.165) is 30.3 Å². The SMILES string of the molecule is CNCc1c(C)nn(-c2ccc(OCC(C)C)cc2)c1C. The van der Waals surface area contributed by atoms with E-state index in [4.69, 9.17) is 4.74 Å². The molecule has 0 saturated heterocycles. The highest BCUT2D eigenvalue weighted by atomic mass is 16.5. The van der Waals surface area contributed by atoms with Gasteiger partial charge in [0.1, 0.15) is 5.75 Å². The van der Waals surface area contributed by atoms with Crippen molar-refractivity contribution in [3.05, 3.63) is 41.2 Å². The van der Waals surface area contributed by atoms with Crippen LogP contribution >= 0.6 is 0 Å². The Morgan fingerprint density at radius 1 is 1.19 bits per heavy atom. The maximum Gasteiger partial charge on any atom is 0.119 e. The molecule has 2 rings (SSSR count). The van der Waals surface area contributed by atoms with Crippen LogP contribution in [0.1, 0.15) is 30.8 Å². The molecule has 114 valence electrons. The molecule has 0 spiro atoms. The molecule has 0 unspecified atom stereocenters. The van der Waals surface area contributed by atoms with E-state index < -0.39 is 0 Å². The number of aryl methyl sites for hydroxylation is 1. The van der Waals surface area contributed by atoms with Gasteiger partial charge < -0.3 is 10.1 Å². The molecule has 0 aliphatic heterocycles. The maximum atomic E-state index is 5.72. The summed E-state index contributed by atoms with van der Waals surface area (Å²) < 4.78 is 7.71. The van der Waals surface area contributed by atoms with Gasteiger partial charge in [0.2, 0.25) is 0 Å². The number of nitrogens with one attached hydrogen (secondary N) is 1. The Morgan fingerprint density at radius 2 is 1.86 bits per heavy atom. The fraction of sp³-hybridized carbons (Fsp3) is 0.471. The molecule has 0 aliphatic rings. The summed E-state index contributed by atoms with van der Waals surface area (Å²) in [5.41, 5.74) is 4.58. The predicted octanol–water partition coefficient (Wildman–Crippen LogP) is 3.24. The smallest absolute Gasteiger partial charge is 0.119 e. The third-order valence-corrected chi connectivity index (χ3v) is 3.46. The first-order chi connectivity index (χ1) is 10.0. The van der Waals surface area contributed by atoms with Gasteiger partial charge in [-0.15, -0.1) is 0 Å². The Morgan fingerprint density at radius 3 is 2.43 bits per heavy atom. The first-order valence-corrected chi connectivity index (χ1v) is 7.46. The largest absolute Gasteiger partial charge is 0.493 e. The van der Waals surface area contributed by atoms with E-state index >= 15 is 0 Å². The first kappa shape index (κ1) is 15.6. The Kier molecular flexibility index (Phi) is 5.02. The summed E-state index contributed by atoms with van der Waals surface area (Å²) in [6.45, 7) is 10.0. The second-order valence-corrected chi connectivity index (χ2v) is 5.79. The Balaban J connectivity index is 2.21. The summed E-state index contributed by atoms with van der Waals surface area (Å²) in [6, 6.07) is 8.12. The van der Waals surface area contributed by atoms with Crippen LogP contribution in [-0.2, 0) is 6.54 Å². The fourth-order valence-electron chi connectivity index (χ4n) is 2.31. The van der Waals surface area contributed by atoms with Gasteiger partial charge in [0, 0.05) is 17.8 Å². The quantitative estimate of drug-likeness (QED) is 0.886. The lowest BCUT2D eigenvalue weighted by Gasteiger charge is -2.10. The molecule has 4 heteroatoms. The zero-order valence-electron chi connectivity index (χ0n) is 13.6. The molecular weight excluding hydrogens is 262 g/mol. The van der Waals surface area contributed by atoms with Gasteiger partial charge in [-0.25, -0.2) is 4.68 Å². The van der Waals surface area contributed by atoms with Crippen LogP contribution in [0.2, 0.25) is 0 Å². The molecule has 1 aromatic heterocycles. The van der Waals surface area contributed by atoms with Gasteiger partial charge in [-0.1, -0.05) is 13.8 Å². The predicted molar refractivity (Wildman–Crippen MR) is 86.1 cm³/mol. The molecule has 21 heavy (non-hydrogen) atoms. The van der Waals surface area contributed by atoms with Crippen molar-refractivity contribution in [3.63, 3.8) is 0 Å². The Labute approximate surface area is 127 Å². The zero-order valence-corrected chi connectivity index (χ0v) is 13.6. The van der Waals surface area contributed by atoms with E-state index in [1.807, 2.05) is 23.9 Å². The number of benzene rings is 1. The van der Waals surface area contributed by atoms with Crippen LogP contribution < -0.4 is 10.1 Å². The number of aromatic nitrogens is 2. The third kappa shape index (κ3) is 3.64. The van der Waals surface area contributed by atoms with E-state index in [9.17, 15) is 0 Å². The molecule has 1 aromatic carbocycles. The molecule has 0 bridgehead atoms. The molecule has 0 radical (unpaired) electrons. The second kappa shape index (κ2) is 6.76. The molecule has 0 aliphatic carbocycles. The van der Waals surface area contributed by atoms with Crippen molar-refractivity contribution in [2.24, 2.45) is 5.92 Å². The molecule has 1 heterocycles. The highest BCUT2D eigenvalue weighted by Crippen LogP contribution is 2.20. The van der Waals surface area contributed by atoms with Gasteiger partial charge in [0.25, 0.3) is 0 Å². The Bertz CT molecular complexity index is 585. The molecule has 0 atom stereocenters. The number of nitrogens with zero attached hydrogens (tertiary/aromatic N) is 2. The summed E-state index contributed by atoms with van der Waals surface area (Å²) in [7, 11) is 1.96. The van der Waals surface area contributed by atoms with Crippen molar-refractivity contribution in [1.29, 1.82) is 0 Å². The molecule has 1 N–H and O–H groups in total. The normalized spacial score (nSPS) is 11.1. The average molecular weight is 287 g/mol. The zero-order chi connectivity index (χ0) is 15.4. The highest BCUT2D eigenvalue weighted by Gasteiger charge is 2.11. The van der Waals surface area contributed by atoms with Gasteiger partial charge in [-0.3, -0.25) is 0 Å². The van der Waals surface area contributed by atoms with E-state index in [2.05, 4.69) is 50.2 Å². The van der Waals surface area contributed by atoms with E-state index in [0.29, 0.717) is 5.92 Å². The summed E-state index contributed by atoms with van der Waals surface area (Å²) in [4.78, 5) is 0. The van der Waals surface area contributed by atoms with Gasteiger partial charge in [0.15, 0.2) is 0 Å². The third-order valence-electron chi connectivity index (χ3n) is 3.46. The molecular formula is C17H25N3O. The lowest BCUT2D eigenvalue weighted by atomic mass is 10.2. The minimum absolute atomic E-state index is 0.532. The molecule has 0 fully saturated rings. The second-order valence-electron chi connectivity index (χ2n) is 5.79. The van der Waals surface area contributed by atoms with E-state index in [1.165, 1.54) is 11.3 Å². The summed E-state index contributed by atoms with van der Waals surface area (Å²) >= 11 is 0. The van der Waals surface area contributed by atoms with Gasteiger partial charge in [0.05, 0.1) is 18.0 Å². The topological polar surface area (TPSA) is 39.1 Å². The first-order valence-electron chi connectivity index (χ1n) is 7.46. The van der Waals surface area contributed by atoms with Crippen LogP contribution in [-0.4, -0.2) is 23.4 Å². The van der Waals surface area contributed by atoms with Crippen LogP contribution in [0.25, 0.3) is 5.69 Å². The van der Waals surface area contributed by atoms with Crippen LogP contribution in [0.4, 0.5) is 0 Å². The van der Waals surface area contributed by atoms with Crippen LogP contribution in [0.3, 0.4) is 0 Å². The van der Waals surface area contributed by atoms with Crippen molar-refractivity contribution in [2.45, 2.75) is 34.2 Å². The monoisotopic (exact) mass is 287 g/mol. The lowest BCUT2D eigenvalue weighted by Crippen LogP contribution is -2.07. The summed E-state index contributed by atoms with van der Waals surface area (Å²) in [5.74, 6) is 1.44. The van der Waals surface area contributed by atoms with Gasteiger partial charge in [-0.2, -0.15) is 5.10 Å². The summed E-state index contributed by atoms with van der Waals surface area (Å²) in [6.07, 6.45) is 0. The number of rotatable bonds is 6. The van der Waals surface area contributed by atoms with Gasteiger partial charge in [-0.05, 0) is 51.1 Å². The number of ether oxygens (including phenoxy) is 1. The minimum Gasteiger partial charge on any atom is -0.493 e. The van der Waals surface area contributed by atoms with Gasteiger partial charge >= 0.3 is 0 Å². The maximum absolute atomic E-state index is 5.72. The molecule has 4 nitrogen and oxygen atoms in total. The van der Waals surface area contributed by atoms with Crippen molar-refractivity contribution in [3.8, 4) is 11.4 Å². The van der Waals surface area contributed by atoms with Crippen LogP contribution in [0.5, 0.6) is 5.75 Å². The minimum atomic E-state index is 0.532.